The topological polar surface area (TPSA) is 88.2 Å². The van der Waals surface area contributed by atoms with E-state index in [4.69, 9.17) is 4.52 Å². The van der Waals surface area contributed by atoms with E-state index in [1.807, 2.05) is 13.8 Å². The van der Waals surface area contributed by atoms with Crippen molar-refractivity contribution in [2.45, 2.75) is 52.0 Å². The predicted molar refractivity (Wildman–Crippen MR) is 73.2 cm³/mol. The summed E-state index contributed by atoms with van der Waals surface area (Å²) >= 11 is 0. The molecule has 6 heteroatoms. The molecule has 0 spiro atoms. The van der Waals surface area contributed by atoms with Crippen molar-refractivity contribution in [1.82, 2.24) is 15.5 Å². The van der Waals surface area contributed by atoms with Gasteiger partial charge < -0.3 is 14.9 Å². The molecule has 0 aromatic carbocycles. The molecular formula is C14H23N3O3. The summed E-state index contributed by atoms with van der Waals surface area (Å²) < 4.78 is 5.15. The summed E-state index contributed by atoms with van der Waals surface area (Å²) in [7, 11) is 0. The Morgan fingerprint density at radius 3 is 2.85 bits per heavy atom. The molecule has 20 heavy (non-hydrogen) atoms. The van der Waals surface area contributed by atoms with Crippen molar-refractivity contribution in [3.8, 4) is 0 Å². The molecule has 0 bridgehead atoms. The molecule has 6 nitrogen and oxygen atoms in total. The summed E-state index contributed by atoms with van der Waals surface area (Å²) in [6, 6.07) is 0. The molecule has 0 radical (unpaired) electrons. The third kappa shape index (κ3) is 3.79. The molecule has 0 saturated heterocycles. The summed E-state index contributed by atoms with van der Waals surface area (Å²) in [6.07, 6.45) is 3.91. The lowest BCUT2D eigenvalue weighted by molar-refractivity contribution is -0.144. The van der Waals surface area contributed by atoms with Gasteiger partial charge in [0, 0.05) is 5.92 Å². The first-order valence-corrected chi connectivity index (χ1v) is 7.34. The van der Waals surface area contributed by atoms with E-state index in [0.717, 1.165) is 25.7 Å². The van der Waals surface area contributed by atoms with E-state index in [2.05, 4.69) is 15.5 Å². The van der Waals surface area contributed by atoms with Crippen LogP contribution in [0.1, 0.15) is 57.2 Å². The molecule has 1 saturated carbocycles. The maximum absolute atomic E-state index is 11.2. The normalized spacial score (nSPS) is 23.1. The van der Waals surface area contributed by atoms with Gasteiger partial charge in [-0.05, 0) is 25.3 Å². The van der Waals surface area contributed by atoms with Crippen molar-refractivity contribution in [2.75, 3.05) is 6.54 Å². The van der Waals surface area contributed by atoms with E-state index in [9.17, 15) is 9.90 Å². The fraction of sp³-hybridized carbons (Fsp3) is 0.786. The highest BCUT2D eigenvalue weighted by atomic mass is 16.5. The molecule has 0 aliphatic heterocycles. The van der Waals surface area contributed by atoms with Gasteiger partial charge in [0.1, 0.15) is 0 Å². The molecule has 2 unspecified atom stereocenters. The highest BCUT2D eigenvalue weighted by molar-refractivity contribution is 5.70. The zero-order valence-corrected chi connectivity index (χ0v) is 12.1. The zero-order chi connectivity index (χ0) is 14.5. The van der Waals surface area contributed by atoms with Crippen molar-refractivity contribution in [3.63, 3.8) is 0 Å². The number of aromatic nitrogens is 2. The Morgan fingerprint density at radius 1 is 1.45 bits per heavy atom. The van der Waals surface area contributed by atoms with Gasteiger partial charge in [-0.3, -0.25) is 4.79 Å². The molecular weight excluding hydrogens is 258 g/mol. The lowest BCUT2D eigenvalue weighted by atomic mass is 9.79. The third-order valence-electron chi connectivity index (χ3n) is 3.91. The third-order valence-corrected chi connectivity index (χ3v) is 3.91. The maximum atomic E-state index is 11.2. The number of carbonyl (C=O) groups is 1. The van der Waals surface area contributed by atoms with Gasteiger partial charge in [0.15, 0.2) is 5.82 Å². The molecule has 1 aromatic rings. The number of hydrogen-bond donors (Lipinski definition) is 2. The summed E-state index contributed by atoms with van der Waals surface area (Å²) in [5.41, 5.74) is 0. The average molecular weight is 281 g/mol. The molecule has 2 atom stereocenters. The fourth-order valence-electron chi connectivity index (χ4n) is 2.72. The van der Waals surface area contributed by atoms with Gasteiger partial charge in [0.05, 0.1) is 12.5 Å². The van der Waals surface area contributed by atoms with Crippen molar-refractivity contribution in [3.05, 3.63) is 11.7 Å². The van der Waals surface area contributed by atoms with Gasteiger partial charge in [0.25, 0.3) is 0 Å². The minimum absolute atomic E-state index is 0.203. The van der Waals surface area contributed by atoms with Crippen molar-refractivity contribution in [1.29, 1.82) is 0 Å². The van der Waals surface area contributed by atoms with Crippen LogP contribution in [0.4, 0.5) is 0 Å². The number of nitrogens with one attached hydrogen (secondary N) is 1. The van der Waals surface area contributed by atoms with Gasteiger partial charge in [-0.2, -0.15) is 4.98 Å². The first-order valence-electron chi connectivity index (χ1n) is 7.34. The smallest absolute Gasteiger partial charge is 0.306 e. The first kappa shape index (κ1) is 15.0. The Bertz CT molecular complexity index is 445. The number of carboxylic acid groups (broad SMARTS) is 1. The van der Waals surface area contributed by atoms with Crippen LogP contribution in [0.25, 0.3) is 0 Å². The standard InChI is InChI=1S/C14H23N3O3/c1-9(2)13-16-12(20-17-13)8-15-7-10-5-3-4-6-11(10)14(18)19/h9-11,15H,3-8H2,1-2H3,(H,18,19). The van der Waals surface area contributed by atoms with Gasteiger partial charge in [-0.15, -0.1) is 0 Å². The van der Waals surface area contributed by atoms with Crippen LogP contribution in [-0.2, 0) is 11.3 Å². The zero-order valence-electron chi connectivity index (χ0n) is 12.1. The molecule has 1 aliphatic carbocycles. The van der Waals surface area contributed by atoms with Crippen molar-refractivity contribution >= 4 is 5.97 Å². The Morgan fingerprint density at radius 2 is 2.20 bits per heavy atom. The Balaban J connectivity index is 1.80. The second-order valence-electron chi connectivity index (χ2n) is 5.82. The van der Waals surface area contributed by atoms with Crippen LogP contribution in [0, 0.1) is 11.8 Å². The molecule has 2 N–H and O–H groups in total. The highest BCUT2D eigenvalue weighted by Gasteiger charge is 2.30. The Kier molecular flexibility index (Phi) is 5.11. The number of hydrogen-bond acceptors (Lipinski definition) is 5. The molecule has 0 amide bonds. The Hall–Kier alpha value is -1.43. The minimum atomic E-state index is -0.670. The lowest BCUT2D eigenvalue weighted by Gasteiger charge is -2.28. The molecule has 1 aliphatic rings. The predicted octanol–water partition coefficient (Wildman–Crippen LogP) is 2.17. The van der Waals surface area contributed by atoms with E-state index in [1.54, 1.807) is 0 Å². The lowest BCUT2D eigenvalue weighted by Crippen LogP contribution is -2.34. The average Bonchev–Trinajstić information content (AvgIpc) is 2.88. The first-order chi connectivity index (χ1) is 9.58. The van der Waals surface area contributed by atoms with Crippen LogP contribution < -0.4 is 5.32 Å². The van der Waals surface area contributed by atoms with Crippen LogP contribution in [0.2, 0.25) is 0 Å². The van der Waals surface area contributed by atoms with Crippen LogP contribution in [0.15, 0.2) is 4.52 Å². The van der Waals surface area contributed by atoms with Crippen LogP contribution >= 0.6 is 0 Å². The molecule has 1 fully saturated rings. The van der Waals surface area contributed by atoms with E-state index < -0.39 is 5.97 Å². The van der Waals surface area contributed by atoms with Crippen LogP contribution in [0.3, 0.4) is 0 Å². The fourth-order valence-corrected chi connectivity index (χ4v) is 2.72. The maximum Gasteiger partial charge on any atom is 0.306 e. The summed E-state index contributed by atoms with van der Waals surface area (Å²) in [5, 5.41) is 16.4. The second-order valence-corrected chi connectivity index (χ2v) is 5.82. The van der Waals surface area contributed by atoms with Crippen molar-refractivity contribution < 1.29 is 14.4 Å². The van der Waals surface area contributed by atoms with Gasteiger partial charge in [-0.25, -0.2) is 0 Å². The number of carboxylic acids is 1. The van der Waals surface area contributed by atoms with E-state index in [1.165, 1.54) is 0 Å². The van der Waals surface area contributed by atoms with E-state index in [-0.39, 0.29) is 17.8 Å². The van der Waals surface area contributed by atoms with Gasteiger partial charge in [-0.1, -0.05) is 31.8 Å². The van der Waals surface area contributed by atoms with Gasteiger partial charge in [0.2, 0.25) is 5.89 Å². The highest BCUT2D eigenvalue weighted by Crippen LogP contribution is 2.29. The monoisotopic (exact) mass is 281 g/mol. The second kappa shape index (κ2) is 6.83. The Labute approximate surface area is 118 Å². The van der Waals surface area contributed by atoms with Gasteiger partial charge >= 0.3 is 5.97 Å². The number of nitrogens with zero attached hydrogens (tertiary/aromatic N) is 2. The van der Waals surface area contributed by atoms with Crippen LogP contribution in [-0.4, -0.2) is 27.8 Å². The molecule has 1 heterocycles. The number of aliphatic carboxylic acids is 1. The van der Waals surface area contributed by atoms with Crippen molar-refractivity contribution in [2.24, 2.45) is 11.8 Å². The molecule has 112 valence electrons. The summed E-state index contributed by atoms with van der Waals surface area (Å²) in [4.78, 5) is 15.5. The quantitative estimate of drug-likeness (QED) is 0.830. The molecule has 2 rings (SSSR count). The minimum Gasteiger partial charge on any atom is -0.481 e. The van der Waals surface area contributed by atoms with E-state index >= 15 is 0 Å². The van der Waals surface area contributed by atoms with E-state index in [0.29, 0.717) is 24.8 Å². The number of rotatable bonds is 6. The summed E-state index contributed by atoms with van der Waals surface area (Å²) in [6.45, 7) is 5.22. The SMILES string of the molecule is CC(C)c1noc(CNCC2CCCCC2C(=O)O)n1. The summed E-state index contributed by atoms with van der Waals surface area (Å²) in [5.74, 6) is 0.844. The van der Waals surface area contributed by atoms with Crippen LogP contribution in [0.5, 0.6) is 0 Å². The largest absolute Gasteiger partial charge is 0.481 e. The molecule has 1 aromatic heterocycles.